The Kier molecular flexibility index (Phi) is 6.00. The van der Waals surface area contributed by atoms with Crippen LogP contribution in [0.2, 0.25) is 0 Å². The van der Waals surface area contributed by atoms with E-state index in [0.717, 1.165) is 16.7 Å². The number of rotatable bonds is 6. The molecular formula is C23H22FN5O2S. The number of thiophene rings is 1. The van der Waals surface area contributed by atoms with Crippen molar-refractivity contribution in [2.75, 3.05) is 0 Å². The number of benzene rings is 1. The Morgan fingerprint density at radius 1 is 1.03 bits per heavy atom. The molecule has 2 N–H and O–H groups in total. The van der Waals surface area contributed by atoms with Crippen molar-refractivity contribution in [1.29, 1.82) is 0 Å². The molecule has 0 fully saturated rings. The Morgan fingerprint density at radius 3 is 2.50 bits per heavy atom. The van der Waals surface area contributed by atoms with Gasteiger partial charge in [-0.25, -0.2) is 13.9 Å². The number of pyridine rings is 1. The predicted molar refractivity (Wildman–Crippen MR) is 121 cm³/mol. The smallest absolute Gasteiger partial charge is 0.261 e. The Labute approximate surface area is 188 Å². The number of aromatic nitrogens is 3. The van der Waals surface area contributed by atoms with Gasteiger partial charge in [0.25, 0.3) is 11.8 Å². The van der Waals surface area contributed by atoms with Crippen molar-refractivity contribution in [3.05, 3.63) is 76.1 Å². The Bertz CT molecular complexity index is 1280. The van der Waals surface area contributed by atoms with E-state index in [0.29, 0.717) is 16.1 Å². The summed E-state index contributed by atoms with van der Waals surface area (Å²) in [5, 5.41) is 11.8. The average Bonchev–Trinajstić information content (AvgIpc) is 3.42. The molecule has 7 nitrogen and oxygen atoms in total. The van der Waals surface area contributed by atoms with E-state index in [-0.39, 0.29) is 29.7 Å². The molecule has 32 heavy (non-hydrogen) atoms. The third-order valence-corrected chi connectivity index (χ3v) is 5.84. The lowest BCUT2D eigenvalue weighted by Crippen LogP contribution is -2.30. The minimum atomic E-state index is -0.319. The zero-order valence-electron chi connectivity index (χ0n) is 17.8. The maximum atomic E-state index is 13.1. The maximum absolute atomic E-state index is 13.1. The number of carbonyl (C=O) groups is 2. The molecule has 4 aromatic rings. The van der Waals surface area contributed by atoms with Gasteiger partial charge in [-0.1, -0.05) is 12.1 Å². The zero-order valence-corrected chi connectivity index (χ0v) is 18.6. The van der Waals surface area contributed by atoms with Gasteiger partial charge in [0, 0.05) is 17.8 Å². The standard InChI is InChI=1S/C23H22FN5O2S/c1-13(2)27-22(30)19-8-16(10-29-21(19)25-12-26-29)17-9-20(32-11-17)23(31)28-14(3)15-4-6-18(24)7-5-15/h4-14H,1-3H3,(H,27,30)(H,28,31)/t14-/m0/s1. The molecular weight excluding hydrogens is 429 g/mol. The van der Waals surface area contributed by atoms with Crippen LogP contribution in [0.3, 0.4) is 0 Å². The highest BCUT2D eigenvalue weighted by Crippen LogP contribution is 2.28. The summed E-state index contributed by atoms with van der Waals surface area (Å²) in [6.07, 6.45) is 3.17. The molecule has 0 bridgehead atoms. The van der Waals surface area contributed by atoms with E-state index in [4.69, 9.17) is 0 Å². The number of nitrogens with one attached hydrogen (secondary N) is 2. The Morgan fingerprint density at radius 2 is 1.78 bits per heavy atom. The van der Waals surface area contributed by atoms with E-state index in [1.54, 1.807) is 35.0 Å². The number of carbonyl (C=O) groups excluding carboxylic acids is 2. The molecule has 1 atom stereocenters. The SMILES string of the molecule is CC(C)NC(=O)c1cc(-c2csc(C(=O)N[C@@H](C)c3ccc(F)cc3)c2)cn2ncnc12. The highest BCUT2D eigenvalue weighted by molar-refractivity contribution is 7.12. The molecule has 0 saturated carbocycles. The molecule has 2 amide bonds. The summed E-state index contributed by atoms with van der Waals surface area (Å²) in [5.41, 5.74) is 3.24. The second-order valence-electron chi connectivity index (χ2n) is 7.75. The summed E-state index contributed by atoms with van der Waals surface area (Å²) in [6, 6.07) is 9.28. The van der Waals surface area contributed by atoms with Crippen molar-refractivity contribution < 1.29 is 14.0 Å². The first-order chi connectivity index (χ1) is 15.3. The van der Waals surface area contributed by atoms with Crippen LogP contribution >= 0.6 is 11.3 Å². The number of nitrogens with zero attached hydrogens (tertiary/aromatic N) is 3. The normalized spacial score (nSPS) is 12.2. The van der Waals surface area contributed by atoms with Crippen LogP contribution in [0.5, 0.6) is 0 Å². The molecule has 3 heterocycles. The number of amides is 2. The first-order valence-electron chi connectivity index (χ1n) is 10.1. The van der Waals surface area contributed by atoms with E-state index >= 15 is 0 Å². The zero-order chi connectivity index (χ0) is 22.8. The van der Waals surface area contributed by atoms with E-state index in [1.165, 1.54) is 29.8 Å². The fourth-order valence-electron chi connectivity index (χ4n) is 3.30. The molecule has 0 aliphatic carbocycles. The molecule has 0 aliphatic rings. The van der Waals surface area contributed by atoms with Gasteiger partial charge < -0.3 is 10.6 Å². The highest BCUT2D eigenvalue weighted by atomic mass is 32.1. The summed E-state index contributed by atoms with van der Waals surface area (Å²) in [7, 11) is 0. The Balaban J connectivity index is 1.58. The Hall–Kier alpha value is -3.59. The molecule has 3 aromatic heterocycles. The molecule has 0 unspecified atom stereocenters. The largest absolute Gasteiger partial charge is 0.350 e. The van der Waals surface area contributed by atoms with Crippen LogP contribution in [-0.4, -0.2) is 32.5 Å². The van der Waals surface area contributed by atoms with Gasteiger partial charge in [-0.2, -0.15) is 5.10 Å². The van der Waals surface area contributed by atoms with Crippen LogP contribution in [0, 0.1) is 5.82 Å². The molecule has 9 heteroatoms. The summed E-state index contributed by atoms with van der Waals surface area (Å²) in [5.74, 6) is -0.778. The van der Waals surface area contributed by atoms with Gasteiger partial charge in [-0.05, 0) is 61.5 Å². The molecule has 4 rings (SSSR count). The molecule has 0 aliphatic heterocycles. The minimum Gasteiger partial charge on any atom is -0.350 e. The average molecular weight is 452 g/mol. The highest BCUT2D eigenvalue weighted by Gasteiger charge is 2.18. The topological polar surface area (TPSA) is 88.4 Å². The van der Waals surface area contributed by atoms with Gasteiger partial charge in [-0.15, -0.1) is 11.3 Å². The van der Waals surface area contributed by atoms with Crippen molar-refractivity contribution in [1.82, 2.24) is 25.2 Å². The molecule has 0 radical (unpaired) electrons. The molecule has 1 aromatic carbocycles. The number of hydrogen-bond donors (Lipinski definition) is 2. The van der Waals surface area contributed by atoms with E-state index in [2.05, 4.69) is 20.7 Å². The molecule has 0 spiro atoms. The number of hydrogen-bond acceptors (Lipinski definition) is 5. The van der Waals surface area contributed by atoms with Gasteiger partial charge >= 0.3 is 0 Å². The van der Waals surface area contributed by atoms with Gasteiger partial charge in [0.1, 0.15) is 12.1 Å². The third kappa shape index (κ3) is 4.52. The molecule has 0 saturated heterocycles. The van der Waals surface area contributed by atoms with Gasteiger partial charge in [0.15, 0.2) is 5.65 Å². The summed E-state index contributed by atoms with van der Waals surface area (Å²) in [6.45, 7) is 5.62. The second-order valence-corrected chi connectivity index (χ2v) is 8.66. The van der Waals surface area contributed by atoms with Crippen LogP contribution in [0.15, 0.2) is 54.3 Å². The van der Waals surface area contributed by atoms with Gasteiger partial charge in [0.05, 0.1) is 16.5 Å². The van der Waals surface area contributed by atoms with Crippen LogP contribution < -0.4 is 10.6 Å². The quantitative estimate of drug-likeness (QED) is 0.459. The van der Waals surface area contributed by atoms with E-state index < -0.39 is 0 Å². The lowest BCUT2D eigenvalue weighted by Gasteiger charge is -2.13. The third-order valence-electron chi connectivity index (χ3n) is 4.91. The fraction of sp³-hybridized carbons (Fsp3) is 0.217. The first-order valence-corrected chi connectivity index (χ1v) is 11.0. The maximum Gasteiger partial charge on any atom is 0.261 e. The van der Waals surface area contributed by atoms with Crippen LogP contribution in [-0.2, 0) is 0 Å². The van der Waals surface area contributed by atoms with Crippen LogP contribution in [0.1, 0.15) is 52.4 Å². The number of fused-ring (bicyclic) bond motifs is 1. The van der Waals surface area contributed by atoms with E-state index in [1.807, 2.05) is 26.2 Å². The minimum absolute atomic E-state index is 0.0197. The lowest BCUT2D eigenvalue weighted by atomic mass is 10.1. The van der Waals surface area contributed by atoms with Crippen molar-refractivity contribution >= 4 is 28.8 Å². The molecule has 164 valence electrons. The van der Waals surface area contributed by atoms with Crippen LogP contribution in [0.4, 0.5) is 4.39 Å². The van der Waals surface area contributed by atoms with Gasteiger partial charge in [-0.3, -0.25) is 9.59 Å². The van der Waals surface area contributed by atoms with Gasteiger partial charge in [0.2, 0.25) is 0 Å². The van der Waals surface area contributed by atoms with Crippen molar-refractivity contribution in [3.63, 3.8) is 0 Å². The first kappa shape index (κ1) is 21.6. The monoisotopic (exact) mass is 451 g/mol. The van der Waals surface area contributed by atoms with E-state index in [9.17, 15) is 14.0 Å². The van der Waals surface area contributed by atoms with Crippen LogP contribution in [0.25, 0.3) is 16.8 Å². The van der Waals surface area contributed by atoms with Crippen molar-refractivity contribution in [2.24, 2.45) is 0 Å². The summed E-state index contributed by atoms with van der Waals surface area (Å²) >= 11 is 1.31. The second kappa shape index (κ2) is 8.88. The fourth-order valence-corrected chi connectivity index (χ4v) is 4.12. The predicted octanol–water partition coefficient (Wildman–Crippen LogP) is 4.23. The lowest BCUT2D eigenvalue weighted by molar-refractivity contribution is 0.0935. The van der Waals surface area contributed by atoms with Crippen molar-refractivity contribution in [2.45, 2.75) is 32.9 Å². The summed E-state index contributed by atoms with van der Waals surface area (Å²) in [4.78, 5) is 30.1. The number of halogens is 1. The summed E-state index contributed by atoms with van der Waals surface area (Å²) < 4.78 is 14.7. The van der Waals surface area contributed by atoms with Crippen molar-refractivity contribution in [3.8, 4) is 11.1 Å².